The van der Waals surface area contributed by atoms with Gasteiger partial charge in [-0.25, -0.2) is 0 Å². The summed E-state index contributed by atoms with van der Waals surface area (Å²) in [7, 11) is 0. The second-order valence-corrected chi connectivity index (χ2v) is 5.91. The predicted molar refractivity (Wildman–Crippen MR) is 96.0 cm³/mol. The number of amides is 1. The van der Waals surface area contributed by atoms with Gasteiger partial charge >= 0.3 is 0 Å². The van der Waals surface area contributed by atoms with Gasteiger partial charge in [-0.3, -0.25) is 4.79 Å². The van der Waals surface area contributed by atoms with Crippen molar-refractivity contribution in [3.05, 3.63) is 84.1 Å². The average Bonchev–Trinajstić information content (AvgIpc) is 3.05. The number of furan rings is 1. The molecule has 0 aliphatic heterocycles. The smallest absolute Gasteiger partial charge is 0.252 e. The van der Waals surface area contributed by atoms with E-state index in [4.69, 9.17) is 4.42 Å². The highest BCUT2D eigenvalue weighted by Gasteiger charge is 2.16. The first-order valence-electron chi connectivity index (χ1n) is 7.99. The minimum atomic E-state index is -0.205. The van der Waals surface area contributed by atoms with Crippen molar-refractivity contribution in [2.24, 2.45) is 0 Å². The first-order valence-corrected chi connectivity index (χ1v) is 7.99. The average molecular weight is 315 g/mol. The molecular weight excluding hydrogens is 298 g/mol. The number of carbonyl (C=O) groups excluding carboxylic acids is 1. The third-order valence-corrected chi connectivity index (χ3v) is 4.25. The van der Waals surface area contributed by atoms with Crippen LogP contribution in [0.4, 0.5) is 0 Å². The van der Waals surface area contributed by atoms with Gasteiger partial charge in [0.25, 0.3) is 5.91 Å². The SMILES string of the molecule is CC(NC(=O)c1cccc2ccccc12)c1cc2ccccc2o1. The molecule has 1 N–H and O–H groups in total. The molecule has 3 heteroatoms. The molecule has 0 saturated carbocycles. The number of hydrogen-bond donors (Lipinski definition) is 1. The van der Waals surface area contributed by atoms with Crippen LogP contribution in [0.3, 0.4) is 0 Å². The van der Waals surface area contributed by atoms with Crippen LogP contribution in [-0.4, -0.2) is 5.91 Å². The number of benzene rings is 3. The van der Waals surface area contributed by atoms with Crippen molar-refractivity contribution >= 4 is 27.6 Å². The summed E-state index contributed by atoms with van der Waals surface area (Å²) in [6.45, 7) is 1.93. The van der Waals surface area contributed by atoms with E-state index in [1.54, 1.807) is 0 Å². The summed E-state index contributed by atoms with van der Waals surface area (Å²) >= 11 is 0. The summed E-state index contributed by atoms with van der Waals surface area (Å²) in [5, 5.41) is 6.08. The quantitative estimate of drug-likeness (QED) is 0.573. The lowest BCUT2D eigenvalue weighted by molar-refractivity contribution is 0.0937. The van der Waals surface area contributed by atoms with Gasteiger partial charge in [0.05, 0.1) is 6.04 Å². The Morgan fingerprint density at radius 1 is 0.917 bits per heavy atom. The first kappa shape index (κ1) is 14.5. The van der Waals surface area contributed by atoms with E-state index in [1.165, 1.54) is 0 Å². The second-order valence-electron chi connectivity index (χ2n) is 5.91. The molecule has 0 bridgehead atoms. The van der Waals surface area contributed by atoms with E-state index in [0.29, 0.717) is 5.56 Å². The van der Waals surface area contributed by atoms with Gasteiger partial charge in [0, 0.05) is 10.9 Å². The molecule has 1 atom stereocenters. The van der Waals surface area contributed by atoms with Crippen molar-refractivity contribution in [3.8, 4) is 0 Å². The Bertz CT molecular complexity index is 994. The zero-order valence-corrected chi connectivity index (χ0v) is 13.3. The van der Waals surface area contributed by atoms with Crippen LogP contribution in [0.5, 0.6) is 0 Å². The lowest BCUT2D eigenvalue weighted by Crippen LogP contribution is -2.26. The molecule has 1 amide bonds. The first-order chi connectivity index (χ1) is 11.7. The molecule has 0 aliphatic carbocycles. The Kier molecular flexibility index (Phi) is 3.54. The molecule has 3 aromatic carbocycles. The maximum atomic E-state index is 12.7. The van der Waals surface area contributed by atoms with Crippen LogP contribution < -0.4 is 5.32 Å². The maximum absolute atomic E-state index is 12.7. The summed E-state index contributed by atoms with van der Waals surface area (Å²) in [5.41, 5.74) is 1.51. The fourth-order valence-corrected chi connectivity index (χ4v) is 2.98. The van der Waals surface area contributed by atoms with Gasteiger partial charge in [-0.2, -0.15) is 0 Å². The molecule has 0 fully saturated rings. The van der Waals surface area contributed by atoms with Crippen LogP contribution in [-0.2, 0) is 0 Å². The van der Waals surface area contributed by atoms with Crippen LogP contribution in [0.2, 0.25) is 0 Å². The molecule has 0 spiro atoms. The maximum Gasteiger partial charge on any atom is 0.252 e. The van der Waals surface area contributed by atoms with Crippen molar-refractivity contribution in [2.45, 2.75) is 13.0 Å². The normalized spacial score (nSPS) is 12.4. The molecule has 1 aromatic heterocycles. The van der Waals surface area contributed by atoms with E-state index in [-0.39, 0.29) is 11.9 Å². The number of rotatable bonds is 3. The van der Waals surface area contributed by atoms with Crippen LogP contribution in [0.25, 0.3) is 21.7 Å². The molecule has 3 nitrogen and oxygen atoms in total. The molecule has 0 aliphatic rings. The van der Waals surface area contributed by atoms with Crippen molar-refractivity contribution in [3.63, 3.8) is 0 Å². The lowest BCUT2D eigenvalue weighted by Gasteiger charge is -2.12. The van der Waals surface area contributed by atoms with Crippen LogP contribution >= 0.6 is 0 Å². The van der Waals surface area contributed by atoms with Crippen molar-refractivity contribution < 1.29 is 9.21 Å². The van der Waals surface area contributed by atoms with Gasteiger partial charge in [-0.15, -0.1) is 0 Å². The summed E-state index contributed by atoms with van der Waals surface area (Å²) in [4.78, 5) is 12.7. The predicted octanol–water partition coefficient (Wildman–Crippen LogP) is 5.08. The van der Waals surface area contributed by atoms with Crippen molar-refractivity contribution in [2.75, 3.05) is 0 Å². The molecule has 0 saturated heterocycles. The third kappa shape index (κ3) is 2.54. The van der Waals surface area contributed by atoms with Gasteiger partial charge < -0.3 is 9.73 Å². The topological polar surface area (TPSA) is 42.2 Å². The fraction of sp³-hybridized carbons (Fsp3) is 0.0952. The van der Waals surface area contributed by atoms with E-state index in [9.17, 15) is 4.79 Å². The van der Waals surface area contributed by atoms with Gasteiger partial charge in [-0.05, 0) is 35.9 Å². The Balaban J connectivity index is 1.63. The number of carbonyl (C=O) groups is 1. The Morgan fingerprint density at radius 3 is 2.46 bits per heavy atom. The van der Waals surface area contributed by atoms with Gasteiger partial charge in [-0.1, -0.05) is 54.6 Å². The molecule has 0 radical (unpaired) electrons. The highest BCUT2D eigenvalue weighted by atomic mass is 16.3. The minimum Gasteiger partial charge on any atom is -0.459 e. The minimum absolute atomic E-state index is 0.0974. The van der Waals surface area contributed by atoms with Crippen LogP contribution in [0, 0.1) is 0 Å². The number of hydrogen-bond acceptors (Lipinski definition) is 2. The molecule has 118 valence electrons. The molecular formula is C21H17NO2. The van der Waals surface area contributed by atoms with E-state index in [2.05, 4.69) is 5.32 Å². The van der Waals surface area contributed by atoms with E-state index < -0.39 is 0 Å². The van der Waals surface area contributed by atoms with Crippen molar-refractivity contribution in [1.82, 2.24) is 5.32 Å². The molecule has 4 aromatic rings. The fourth-order valence-electron chi connectivity index (χ4n) is 2.98. The van der Waals surface area contributed by atoms with Crippen LogP contribution in [0.15, 0.2) is 77.2 Å². The van der Waals surface area contributed by atoms with Gasteiger partial charge in [0.1, 0.15) is 11.3 Å². The van der Waals surface area contributed by atoms with Crippen molar-refractivity contribution in [1.29, 1.82) is 0 Å². The zero-order chi connectivity index (χ0) is 16.5. The van der Waals surface area contributed by atoms with Gasteiger partial charge in [0.2, 0.25) is 0 Å². The molecule has 4 rings (SSSR count). The summed E-state index contributed by atoms with van der Waals surface area (Å²) in [6.07, 6.45) is 0. The zero-order valence-electron chi connectivity index (χ0n) is 13.3. The summed E-state index contributed by atoms with van der Waals surface area (Å²) in [5.74, 6) is 0.657. The third-order valence-electron chi connectivity index (χ3n) is 4.25. The highest BCUT2D eigenvalue weighted by Crippen LogP contribution is 2.24. The Hall–Kier alpha value is -3.07. The standard InChI is InChI=1S/C21H17NO2/c1-14(20-13-16-8-3-5-12-19(16)24-20)22-21(23)18-11-6-9-15-7-2-4-10-17(15)18/h2-14H,1H3,(H,22,23). The van der Waals surface area contributed by atoms with E-state index in [0.717, 1.165) is 27.5 Å². The molecule has 24 heavy (non-hydrogen) atoms. The Labute approximate surface area is 139 Å². The Morgan fingerprint density at radius 2 is 1.62 bits per heavy atom. The number of para-hydroxylation sites is 1. The summed E-state index contributed by atoms with van der Waals surface area (Å²) < 4.78 is 5.84. The lowest BCUT2D eigenvalue weighted by atomic mass is 10.0. The largest absolute Gasteiger partial charge is 0.459 e. The monoisotopic (exact) mass is 315 g/mol. The number of fused-ring (bicyclic) bond motifs is 2. The molecule has 1 unspecified atom stereocenters. The number of nitrogens with one attached hydrogen (secondary N) is 1. The summed E-state index contributed by atoms with van der Waals surface area (Å²) in [6, 6.07) is 23.3. The van der Waals surface area contributed by atoms with Crippen LogP contribution in [0.1, 0.15) is 29.1 Å². The highest BCUT2D eigenvalue weighted by molar-refractivity contribution is 6.07. The van der Waals surface area contributed by atoms with E-state index in [1.807, 2.05) is 79.7 Å². The van der Waals surface area contributed by atoms with Gasteiger partial charge in [0.15, 0.2) is 0 Å². The molecule has 1 heterocycles. The second kappa shape index (κ2) is 5.85. The van der Waals surface area contributed by atoms with E-state index >= 15 is 0 Å².